The molecule has 0 saturated heterocycles. The Balaban J connectivity index is 2.18. The Labute approximate surface area is 148 Å². The molecule has 2 rings (SSSR count). The number of benzene rings is 1. The Morgan fingerprint density at radius 1 is 1.17 bits per heavy atom. The molecule has 4 nitrogen and oxygen atoms in total. The van der Waals surface area contributed by atoms with Crippen molar-refractivity contribution in [2.45, 2.75) is 46.7 Å². The molecule has 0 bridgehead atoms. The van der Waals surface area contributed by atoms with Crippen molar-refractivity contribution in [3.05, 3.63) is 45.1 Å². The number of carbonyl (C=O) groups excluding carboxylic acids is 1. The number of carbonyl (C=O) groups is 1. The number of nitrogens with one attached hydrogen (secondary N) is 2. The minimum Gasteiger partial charge on any atom is -0.495 e. The molecule has 1 aromatic carbocycles. The average Bonchev–Trinajstić information content (AvgIpc) is 2.85. The monoisotopic (exact) mass is 346 g/mol. The molecule has 1 aromatic heterocycles. The number of aryl methyl sites for hydroxylation is 2. The van der Waals surface area contributed by atoms with Gasteiger partial charge >= 0.3 is 0 Å². The molecule has 0 aliphatic heterocycles. The summed E-state index contributed by atoms with van der Waals surface area (Å²) in [6.45, 7) is 10.1. The Hall–Kier alpha value is -1.85. The van der Waals surface area contributed by atoms with E-state index < -0.39 is 0 Å². The Morgan fingerprint density at radius 3 is 2.42 bits per heavy atom. The van der Waals surface area contributed by atoms with Crippen molar-refractivity contribution >= 4 is 22.9 Å². The first-order valence-corrected chi connectivity index (χ1v) is 8.92. The zero-order valence-electron chi connectivity index (χ0n) is 15.2. The van der Waals surface area contributed by atoms with Crippen LogP contribution in [0.2, 0.25) is 0 Å². The summed E-state index contributed by atoms with van der Waals surface area (Å²) in [6, 6.07) is 8.55. The summed E-state index contributed by atoms with van der Waals surface area (Å²) >= 11 is 1.83. The highest BCUT2D eigenvalue weighted by Gasteiger charge is 2.16. The van der Waals surface area contributed by atoms with Crippen molar-refractivity contribution in [1.82, 2.24) is 5.32 Å². The quantitative estimate of drug-likeness (QED) is 0.794. The van der Waals surface area contributed by atoms with E-state index in [1.165, 1.54) is 22.2 Å². The Bertz CT molecular complexity index is 724. The number of rotatable bonds is 6. The van der Waals surface area contributed by atoms with Crippen LogP contribution in [0.25, 0.3) is 0 Å². The standard InChI is InChI=1S/C19H26N2O2S/c1-11-9-17(14(4)24-11)13(3)20-12(2)16-7-8-19(23-6)18(10-16)21-15(5)22/h7-10,12-13,20H,1-6H3,(H,21,22). The minimum absolute atomic E-state index is 0.108. The summed E-state index contributed by atoms with van der Waals surface area (Å²) in [5, 5.41) is 6.46. The number of methoxy groups -OCH3 is 1. The van der Waals surface area contributed by atoms with Crippen LogP contribution in [-0.4, -0.2) is 13.0 Å². The van der Waals surface area contributed by atoms with E-state index in [-0.39, 0.29) is 18.0 Å². The van der Waals surface area contributed by atoms with Gasteiger partial charge in [-0.05, 0) is 57.0 Å². The molecule has 2 aromatic rings. The molecule has 1 heterocycles. The summed E-state index contributed by atoms with van der Waals surface area (Å²) in [5.74, 6) is 0.558. The third kappa shape index (κ3) is 4.36. The Morgan fingerprint density at radius 2 is 1.88 bits per heavy atom. The summed E-state index contributed by atoms with van der Waals surface area (Å²) in [6.07, 6.45) is 0. The van der Waals surface area contributed by atoms with Gasteiger partial charge in [0.2, 0.25) is 5.91 Å². The molecule has 0 fully saturated rings. The van der Waals surface area contributed by atoms with Crippen molar-refractivity contribution in [1.29, 1.82) is 0 Å². The zero-order chi connectivity index (χ0) is 17.9. The first kappa shape index (κ1) is 18.5. The smallest absolute Gasteiger partial charge is 0.221 e. The van der Waals surface area contributed by atoms with Gasteiger partial charge in [-0.1, -0.05) is 6.07 Å². The van der Waals surface area contributed by atoms with Crippen LogP contribution in [0.5, 0.6) is 5.75 Å². The lowest BCUT2D eigenvalue weighted by atomic mass is 10.0. The fraction of sp³-hybridized carbons (Fsp3) is 0.421. The SMILES string of the molecule is COc1ccc(C(C)NC(C)c2cc(C)sc2C)cc1NC(C)=O. The van der Waals surface area contributed by atoms with Gasteiger partial charge in [0.25, 0.3) is 0 Å². The van der Waals surface area contributed by atoms with Crippen molar-refractivity contribution in [2.75, 3.05) is 12.4 Å². The van der Waals surface area contributed by atoms with Gasteiger partial charge < -0.3 is 15.4 Å². The molecule has 0 aliphatic carbocycles. The van der Waals surface area contributed by atoms with E-state index in [2.05, 4.69) is 44.4 Å². The lowest BCUT2D eigenvalue weighted by Crippen LogP contribution is -2.22. The third-order valence-corrected chi connectivity index (χ3v) is 5.06. The van der Waals surface area contributed by atoms with Gasteiger partial charge in [-0.15, -0.1) is 11.3 Å². The number of thiophene rings is 1. The van der Waals surface area contributed by atoms with Gasteiger partial charge in [0.1, 0.15) is 5.75 Å². The maximum atomic E-state index is 11.4. The maximum absolute atomic E-state index is 11.4. The van der Waals surface area contributed by atoms with Gasteiger partial charge in [0.05, 0.1) is 12.8 Å². The highest BCUT2D eigenvalue weighted by atomic mass is 32.1. The molecule has 1 amide bonds. The van der Waals surface area contributed by atoms with E-state index in [1.807, 2.05) is 29.5 Å². The van der Waals surface area contributed by atoms with Gasteiger partial charge in [-0.25, -0.2) is 0 Å². The molecule has 2 atom stereocenters. The molecule has 0 radical (unpaired) electrons. The molecular weight excluding hydrogens is 320 g/mol. The first-order valence-electron chi connectivity index (χ1n) is 8.10. The van der Waals surface area contributed by atoms with Crippen LogP contribution >= 0.6 is 11.3 Å². The first-order chi connectivity index (χ1) is 11.3. The number of ether oxygens (including phenoxy) is 1. The van der Waals surface area contributed by atoms with E-state index >= 15 is 0 Å². The number of hydrogen-bond acceptors (Lipinski definition) is 4. The summed E-state index contributed by atoms with van der Waals surface area (Å²) < 4.78 is 5.32. The maximum Gasteiger partial charge on any atom is 0.221 e. The van der Waals surface area contributed by atoms with Crippen LogP contribution in [-0.2, 0) is 4.79 Å². The summed E-state index contributed by atoms with van der Waals surface area (Å²) in [4.78, 5) is 14.1. The highest BCUT2D eigenvalue weighted by Crippen LogP contribution is 2.31. The summed E-state index contributed by atoms with van der Waals surface area (Å²) in [7, 11) is 1.60. The molecule has 2 N–H and O–H groups in total. The topological polar surface area (TPSA) is 50.4 Å². The highest BCUT2D eigenvalue weighted by molar-refractivity contribution is 7.12. The van der Waals surface area contributed by atoms with Crippen LogP contribution in [0.15, 0.2) is 24.3 Å². The van der Waals surface area contributed by atoms with Gasteiger partial charge in [-0.3, -0.25) is 4.79 Å². The molecule has 130 valence electrons. The van der Waals surface area contributed by atoms with Crippen molar-refractivity contribution < 1.29 is 9.53 Å². The van der Waals surface area contributed by atoms with Crippen LogP contribution in [0.4, 0.5) is 5.69 Å². The van der Waals surface area contributed by atoms with Crippen molar-refractivity contribution in [3.63, 3.8) is 0 Å². The van der Waals surface area contributed by atoms with Gasteiger partial charge in [0.15, 0.2) is 0 Å². The number of amides is 1. The predicted molar refractivity (Wildman–Crippen MR) is 101 cm³/mol. The third-order valence-electron chi connectivity index (χ3n) is 4.08. The average molecular weight is 346 g/mol. The van der Waals surface area contributed by atoms with E-state index in [0.717, 1.165) is 5.56 Å². The predicted octanol–water partition coefficient (Wildman–Crippen LogP) is 4.74. The molecule has 0 saturated carbocycles. The lowest BCUT2D eigenvalue weighted by molar-refractivity contribution is -0.114. The van der Waals surface area contributed by atoms with E-state index in [9.17, 15) is 4.79 Å². The van der Waals surface area contributed by atoms with Gasteiger partial charge in [-0.2, -0.15) is 0 Å². The molecular formula is C19H26N2O2S. The van der Waals surface area contributed by atoms with Crippen LogP contribution in [0, 0.1) is 13.8 Å². The molecule has 24 heavy (non-hydrogen) atoms. The van der Waals surface area contributed by atoms with Crippen molar-refractivity contribution in [2.24, 2.45) is 0 Å². The lowest BCUT2D eigenvalue weighted by Gasteiger charge is -2.22. The summed E-state index contributed by atoms with van der Waals surface area (Å²) in [5.41, 5.74) is 3.15. The molecule has 5 heteroatoms. The van der Waals surface area contributed by atoms with Crippen LogP contribution < -0.4 is 15.4 Å². The number of anilines is 1. The van der Waals surface area contributed by atoms with E-state index in [4.69, 9.17) is 4.74 Å². The Kier molecular flexibility index (Phi) is 6.02. The normalized spacial score (nSPS) is 13.4. The second-order valence-electron chi connectivity index (χ2n) is 6.12. The van der Waals surface area contributed by atoms with E-state index in [1.54, 1.807) is 7.11 Å². The second-order valence-corrected chi connectivity index (χ2v) is 7.58. The van der Waals surface area contributed by atoms with Gasteiger partial charge in [0, 0.05) is 28.8 Å². The van der Waals surface area contributed by atoms with Crippen LogP contribution in [0.3, 0.4) is 0 Å². The van der Waals surface area contributed by atoms with Crippen molar-refractivity contribution in [3.8, 4) is 5.75 Å². The largest absolute Gasteiger partial charge is 0.495 e. The molecule has 0 aliphatic rings. The molecule has 0 spiro atoms. The number of hydrogen-bond donors (Lipinski definition) is 2. The molecule has 2 unspecified atom stereocenters. The fourth-order valence-corrected chi connectivity index (χ4v) is 3.95. The van der Waals surface area contributed by atoms with Crippen LogP contribution in [0.1, 0.15) is 53.7 Å². The second kappa shape index (κ2) is 7.81. The fourth-order valence-electron chi connectivity index (χ4n) is 2.92. The zero-order valence-corrected chi connectivity index (χ0v) is 16.0. The minimum atomic E-state index is -0.108. The van der Waals surface area contributed by atoms with E-state index in [0.29, 0.717) is 11.4 Å².